The first-order valence-electron chi connectivity index (χ1n) is 8.97. The van der Waals surface area contributed by atoms with Crippen molar-refractivity contribution in [3.05, 3.63) is 12.3 Å². The third kappa shape index (κ3) is 7.79. The van der Waals surface area contributed by atoms with E-state index in [0.29, 0.717) is 12.9 Å². The van der Waals surface area contributed by atoms with Crippen LogP contribution in [0.2, 0.25) is 0 Å². The maximum absolute atomic E-state index is 15.0. The van der Waals surface area contributed by atoms with Crippen molar-refractivity contribution < 1.29 is 32.8 Å². The van der Waals surface area contributed by atoms with E-state index in [-0.39, 0.29) is 25.5 Å². The number of hydrogen-bond acceptors (Lipinski definition) is 7. The van der Waals surface area contributed by atoms with Gasteiger partial charge in [0.1, 0.15) is 6.29 Å². The molecular weight excluding hydrogens is 392 g/mol. The molecule has 1 fully saturated rings. The number of rotatable bonds is 11. The van der Waals surface area contributed by atoms with Gasteiger partial charge in [-0.3, -0.25) is 19.6 Å². The number of nitrogens with zero attached hydrogens (tertiary/aromatic N) is 1. The second kappa shape index (κ2) is 12.1. The largest absolute Gasteiger partial charge is 0.465 e. The lowest BCUT2D eigenvalue weighted by molar-refractivity contribution is -0.142. The average molecular weight is 421 g/mol. The molecular formula is C17H29FN3O6P. The highest BCUT2D eigenvalue weighted by Crippen LogP contribution is 2.38. The molecule has 0 spiro atoms. The number of alkyl halides is 1. The Kier molecular flexibility index (Phi) is 10.5. The van der Waals surface area contributed by atoms with Gasteiger partial charge in [0.05, 0.1) is 34.2 Å². The first-order chi connectivity index (χ1) is 13.2. The van der Waals surface area contributed by atoms with Gasteiger partial charge in [-0.25, -0.2) is 9.18 Å². The molecule has 160 valence electrons. The van der Waals surface area contributed by atoms with Gasteiger partial charge in [0.2, 0.25) is 0 Å². The molecule has 2 amide bonds. The Morgan fingerprint density at radius 3 is 2.79 bits per heavy atom. The molecule has 1 aliphatic heterocycles. The zero-order valence-electron chi connectivity index (χ0n) is 16.6. The molecule has 4 atom stereocenters. The molecule has 0 saturated carbocycles. The van der Waals surface area contributed by atoms with E-state index in [9.17, 15) is 14.4 Å². The highest BCUT2D eigenvalue weighted by Gasteiger charge is 2.49. The Labute approximate surface area is 165 Å². The second-order valence-corrected chi connectivity index (χ2v) is 7.95. The van der Waals surface area contributed by atoms with Crippen LogP contribution in [0.25, 0.3) is 0 Å². The van der Waals surface area contributed by atoms with Gasteiger partial charge in [-0.15, -0.1) is 0 Å². The van der Waals surface area contributed by atoms with Gasteiger partial charge < -0.3 is 19.3 Å². The molecule has 0 bridgehead atoms. The fourth-order valence-electron chi connectivity index (χ4n) is 2.56. The fraction of sp³-hybridized carbons (Fsp3) is 0.706. The van der Waals surface area contributed by atoms with E-state index in [1.54, 1.807) is 6.66 Å². The summed E-state index contributed by atoms with van der Waals surface area (Å²) in [6, 6.07) is -0.599. The molecule has 0 aromatic rings. The number of amides is 2. The van der Waals surface area contributed by atoms with Crippen molar-refractivity contribution >= 4 is 26.6 Å². The van der Waals surface area contributed by atoms with Crippen LogP contribution in [-0.2, 0) is 23.6 Å². The fourth-order valence-corrected chi connectivity index (χ4v) is 3.40. The SMILES string of the molecule is CCCOC(=O)CNP(C)OCC1C[C@@](C)(F)C(N(/C=C\C=O)C(=O)NC)O1. The second-order valence-electron chi connectivity index (χ2n) is 6.38. The molecule has 1 heterocycles. The van der Waals surface area contributed by atoms with Crippen LogP contribution in [0.4, 0.5) is 9.18 Å². The van der Waals surface area contributed by atoms with Crippen molar-refractivity contribution in [1.82, 2.24) is 15.3 Å². The molecule has 0 radical (unpaired) electrons. The van der Waals surface area contributed by atoms with Crippen LogP contribution in [0.5, 0.6) is 0 Å². The van der Waals surface area contributed by atoms with E-state index in [1.807, 2.05) is 6.92 Å². The summed E-state index contributed by atoms with van der Waals surface area (Å²) < 4.78 is 31.3. The van der Waals surface area contributed by atoms with Gasteiger partial charge in [0, 0.05) is 19.7 Å². The number of nitrogens with one attached hydrogen (secondary N) is 2. The highest BCUT2D eigenvalue weighted by atomic mass is 31.2. The number of halogens is 1. The van der Waals surface area contributed by atoms with Crippen molar-refractivity contribution in [3.8, 4) is 0 Å². The first kappa shape index (κ1) is 24.4. The molecule has 2 N–H and O–H groups in total. The molecule has 1 aliphatic rings. The van der Waals surface area contributed by atoms with Crippen LogP contribution in [0, 0.1) is 0 Å². The van der Waals surface area contributed by atoms with Crippen LogP contribution < -0.4 is 10.4 Å². The maximum Gasteiger partial charge on any atom is 0.323 e. The van der Waals surface area contributed by atoms with Crippen molar-refractivity contribution in [2.75, 3.05) is 33.5 Å². The molecule has 1 rings (SSSR count). The molecule has 0 aromatic carbocycles. The van der Waals surface area contributed by atoms with Gasteiger partial charge in [0.15, 0.2) is 11.9 Å². The zero-order valence-corrected chi connectivity index (χ0v) is 17.5. The van der Waals surface area contributed by atoms with Crippen LogP contribution in [-0.4, -0.2) is 74.7 Å². The summed E-state index contributed by atoms with van der Waals surface area (Å²) in [5.74, 6) is -0.364. The minimum absolute atomic E-state index is 0.0157. The maximum atomic E-state index is 15.0. The van der Waals surface area contributed by atoms with Crippen LogP contribution in [0.3, 0.4) is 0 Å². The van der Waals surface area contributed by atoms with Gasteiger partial charge in [0.25, 0.3) is 0 Å². The summed E-state index contributed by atoms with van der Waals surface area (Å²) in [7, 11) is 0.263. The predicted molar refractivity (Wildman–Crippen MR) is 102 cm³/mol. The van der Waals surface area contributed by atoms with Crippen LogP contribution in [0.15, 0.2) is 12.3 Å². The molecule has 1 saturated heterocycles. The molecule has 28 heavy (non-hydrogen) atoms. The molecule has 11 heteroatoms. The number of allylic oxidation sites excluding steroid dienone is 1. The summed E-state index contributed by atoms with van der Waals surface area (Å²) in [5, 5.41) is 5.31. The number of esters is 1. The summed E-state index contributed by atoms with van der Waals surface area (Å²) in [6.45, 7) is 5.50. The normalized spacial score (nSPS) is 25.5. The lowest BCUT2D eigenvalue weighted by Gasteiger charge is -2.30. The van der Waals surface area contributed by atoms with E-state index >= 15 is 4.39 Å². The molecule has 3 unspecified atom stereocenters. The summed E-state index contributed by atoms with van der Waals surface area (Å²) in [5.41, 5.74) is -1.83. The minimum Gasteiger partial charge on any atom is -0.465 e. The molecule has 9 nitrogen and oxygen atoms in total. The monoisotopic (exact) mass is 421 g/mol. The Bertz CT molecular complexity index is 563. The number of hydrogen-bond donors (Lipinski definition) is 2. The van der Waals surface area contributed by atoms with E-state index in [1.165, 1.54) is 20.2 Å². The number of carbonyl (C=O) groups excluding carboxylic acids is 3. The van der Waals surface area contributed by atoms with E-state index in [0.717, 1.165) is 17.4 Å². The summed E-state index contributed by atoms with van der Waals surface area (Å²) in [4.78, 5) is 35.1. The minimum atomic E-state index is -1.83. The third-order valence-corrected chi connectivity index (χ3v) is 5.00. The van der Waals surface area contributed by atoms with E-state index in [2.05, 4.69) is 10.4 Å². The Hall–Kier alpha value is -1.61. The number of aldehydes is 1. The summed E-state index contributed by atoms with van der Waals surface area (Å²) >= 11 is 0. The van der Waals surface area contributed by atoms with E-state index < -0.39 is 32.3 Å². The Morgan fingerprint density at radius 2 is 2.18 bits per heavy atom. The van der Waals surface area contributed by atoms with Crippen LogP contribution >= 0.6 is 8.30 Å². The van der Waals surface area contributed by atoms with Crippen molar-refractivity contribution in [2.24, 2.45) is 0 Å². The quantitative estimate of drug-likeness (QED) is 0.226. The lowest BCUT2D eigenvalue weighted by atomic mass is 10.0. The molecule has 0 aliphatic carbocycles. The Morgan fingerprint density at radius 1 is 1.46 bits per heavy atom. The van der Waals surface area contributed by atoms with Crippen molar-refractivity contribution in [2.45, 2.75) is 44.7 Å². The molecule has 0 aromatic heterocycles. The Balaban J connectivity index is 2.56. The average Bonchev–Trinajstić information content (AvgIpc) is 2.97. The standard InChI is InChI=1S/C17H29FN3O6P/c1-5-9-25-14(23)11-20-28(4)26-12-13-10-17(2,18)15(27-13)21(7-6-8-22)16(24)19-3/h6-8,13,15,20H,5,9-12H2,1-4H3,(H,19,24)/b7-6-/t13?,15?,17-,28?/m1/s1. The topological polar surface area (TPSA) is 106 Å². The third-order valence-electron chi connectivity index (χ3n) is 3.86. The van der Waals surface area contributed by atoms with Crippen molar-refractivity contribution in [1.29, 1.82) is 0 Å². The smallest absolute Gasteiger partial charge is 0.323 e. The predicted octanol–water partition coefficient (Wildman–Crippen LogP) is 1.68. The van der Waals surface area contributed by atoms with Gasteiger partial charge >= 0.3 is 12.0 Å². The number of ether oxygens (including phenoxy) is 2. The van der Waals surface area contributed by atoms with Crippen LogP contribution in [0.1, 0.15) is 26.7 Å². The highest BCUT2D eigenvalue weighted by molar-refractivity contribution is 7.49. The van der Waals surface area contributed by atoms with Gasteiger partial charge in [-0.2, -0.15) is 0 Å². The zero-order chi connectivity index (χ0) is 21.2. The number of urea groups is 1. The first-order valence-corrected chi connectivity index (χ1v) is 10.7. The van der Waals surface area contributed by atoms with E-state index in [4.69, 9.17) is 14.0 Å². The van der Waals surface area contributed by atoms with Gasteiger partial charge in [-0.1, -0.05) is 6.92 Å². The van der Waals surface area contributed by atoms with Crippen molar-refractivity contribution in [3.63, 3.8) is 0 Å². The summed E-state index contributed by atoms with van der Waals surface area (Å²) in [6.07, 6.45) is 1.73. The lowest BCUT2D eigenvalue weighted by Crippen LogP contribution is -2.49. The number of carbonyl (C=O) groups is 3. The van der Waals surface area contributed by atoms with Gasteiger partial charge in [-0.05, 0) is 26.1 Å².